The molecule has 1 atom stereocenters. The molecule has 0 bridgehead atoms. The van der Waals surface area contributed by atoms with E-state index in [0.717, 1.165) is 29.7 Å². The zero-order valence-corrected chi connectivity index (χ0v) is 14.4. The first-order chi connectivity index (χ1) is 9.34. The van der Waals surface area contributed by atoms with Crippen LogP contribution >= 0.6 is 15.9 Å². The molecule has 2 aliphatic rings. The maximum Gasteiger partial charge on any atom is 0.125 e. The zero-order valence-electron chi connectivity index (χ0n) is 12.8. The summed E-state index contributed by atoms with van der Waals surface area (Å²) in [5, 5.41) is 3.89. The van der Waals surface area contributed by atoms with Crippen molar-refractivity contribution in [2.45, 2.75) is 52.6 Å². The molecule has 1 fully saturated rings. The van der Waals surface area contributed by atoms with Gasteiger partial charge in [-0.3, -0.25) is 0 Å². The van der Waals surface area contributed by atoms with Crippen LogP contribution in [0.5, 0.6) is 5.75 Å². The summed E-state index contributed by atoms with van der Waals surface area (Å²) < 4.78 is 6.98. The fourth-order valence-corrected chi connectivity index (χ4v) is 3.87. The molecule has 1 aromatic carbocycles. The van der Waals surface area contributed by atoms with Crippen molar-refractivity contribution in [1.29, 1.82) is 0 Å². The molecular weight excluding hydrogens is 314 g/mol. The Hall–Kier alpha value is -0.540. The topological polar surface area (TPSA) is 21.3 Å². The number of nitrogens with one attached hydrogen (secondary N) is 1. The quantitative estimate of drug-likeness (QED) is 0.845. The van der Waals surface area contributed by atoms with Crippen molar-refractivity contribution in [3.8, 4) is 5.75 Å². The third kappa shape index (κ3) is 2.19. The van der Waals surface area contributed by atoms with Crippen molar-refractivity contribution < 1.29 is 4.74 Å². The predicted molar refractivity (Wildman–Crippen MR) is 86.1 cm³/mol. The number of halogens is 1. The van der Waals surface area contributed by atoms with Gasteiger partial charge in [0, 0.05) is 22.1 Å². The van der Waals surface area contributed by atoms with Gasteiger partial charge in [0.25, 0.3) is 0 Å². The molecule has 1 aromatic rings. The van der Waals surface area contributed by atoms with Gasteiger partial charge in [-0.1, -0.05) is 49.7 Å². The summed E-state index contributed by atoms with van der Waals surface area (Å²) in [6.07, 6.45) is 2.26. The van der Waals surface area contributed by atoms with Gasteiger partial charge in [0.15, 0.2) is 0 Å². The van der Waals surface area contributed by atoms with Crippen LogP contribution in [0.25, 0.3) is 0 Å². The Morgan fingerprint density at radius 2 is 1.90 bits per heavy atom. The normalized spacial score (nSPS) is 27.4. The average Bonchev–Trinajstić information content (AvgIpc) is 2.85. The maximum atomic E-state index is 5.90. The van der Waals surface area contributed by atoms with Crippen LogP contribution in [0, 0.1) is 10.8 Å². The van der Waals surface area contributed by atoms with Crippen molar-refractivity contribution in [1.82, 2.24) is 5.32 Å². The highest BCUT2D eigenvalue weighted by atomic mass is 79.9. The molecular formula is C17H24BrNO. The van der Waals surface area contributed by atoms with Gasteiger partial charge in [-0.2, -0.15) is 0 Å². The van der Waals surface area contributed by atoms with Gasteiger partial charge in [-0.25, -0.2) is 0 Å². The minimum Gasteiger partial charge on any atom is -0.493 e. The van der Waals surface area contributed by atoms with Gasteiger partial charge in [-0.15, -0.1) is 0 Å². The lowest BCUT2D eigenvalue weighted by molar-refractivity contribution is 0.314. The number of hydrogen-bond donors (Lipinski definition) is 1. The Bertz CT molecular complexity index is 510. The van der Waals surface area contributed by atoms with Crippen molar-refractivity contribution in [2.24, 2.45) is 10.8 Å². The van der Waals surface area contributed by atoms with Crippen molar-refractivity contribution in [3.05, 3.63) is 28.2 Å². The van der Waals surface area contributed by atoms with E-state index < -0.39 is 0 Å². The lowest BCUT2D eigenvalue weighted by Gasteiger charge is -2.20. The summed E-state index contributed by atoms with van der Waals surface area (Å²) >= 11 is 3.53. The third-order valence-corrected chi connectivity index (χ3v) is 6.13. The monoisotopic (exact) mass is 337 g/mol. The number of hydrogen-bond acceptors (Lipinski definition) is 2. The van der Waals surface area contributed by atoms with Crippen molar-refractivity contribution >= 4 is 15.9 Å². The average molecular weight is 338 g/mol. The zero-order chi connectivity index (χ0) is 14.5. The van der Waals surface area contributed by atoms with E-state index in [1.54, 1.807) is 0 Å². The molecule has 1 aliphatic carbocycles. The number of benzene rings is 1. The highest BCUT2D eigenvalue weighted by Crippen LogP contribution is 2.63. The Morgan fingerprint density at radius 3 is 2.55 bits per heavy atom. The molecule has 0 saturated heterocycles. The van der Waals surface area contributed by atoms with E-state index in [0.29, 0.717) is 22.9 Å². The second-order valence-corrected chi connectivity index (χ2v) is 8.18. The molecule has 3 heteroatoms. The van der Waals surface area contributed by atoms with E-state index in [-0.39, 0.29) is 0 Å². The van der Waals surface area contributed by atoms with Crippen LogP contribution < -0.4 is 10.1 Å². The SMILES string of the molecule is CC1(C)C(NC2CCCOc3cc(Br)ccc32)C1(C)C. The third-order valence-electron chi connectivity index (χ3n) is 5.63. The summed E-state index contributed by atoms with van der Waals surface area (Å²) in [5.41, 5.74) is 2.05. The van der Waals surface area contributed by atoms with Crippen LogP contribution in [0.3, 0.4) is 0 Å². The van der Waals surface area contributed by atoms with E-state index >= 15 is 0 Å². The fourth-order valence-electron chi connectivity index (χ4n) is 3.53. The van der Waals surface area contributed by atoms with Crippen molar-refractivity contribution in [2.75, 3.05) is 6.61 Å². The second-order valence-electron chi connectivity index (χ2n) is 7.27. The lowest BCUT2D eigenvalue weighted by atomic mass is 10.0. The molecule has 0 spiro atoms. The minimum atomic E-state index is 0.371. The Balaban J connectivity index is 1.85. The Kier molecular flexibility index (Phi) is 3.41. The van der Waals surface area contributed by atoms with Crippen LogP contribution in [-0.4, -0.2) is 12.6 Å². The van der Waals surface area contributed by atoms with Gasteiger partial charge >= 0.3 is 0 Å². The first-order valence-corrected chi connectivity index (χ1v) is 8.31. The molecule has 1 heterocycles. The van der Waals surface area contributed by atoms with Crippen LogP contribution in [-0.2, 0) is 0 Å². The molecule has 3 rings (SSSR count). The standard InChI is InChI=1S/C17H24BrNO/c1-16(2)15(17(16,3)4)19-13-6-5-9-20-14-10-11(18)7-8-12(13)14/h7-8,10,13,15,19H,5-6,9H2,1-4H3. The summed E-state index contributed by atoms with van der Waals surface area (Å²) in [6.45, 7) is 10.3. The molecule has 0 radical (unpaired) electrons. The van der Waals surface area contributed by atoms with Gasteiger partial charge in [-0.05, 0) is 35.8 Å². The Morgan fingerprint density at radius 1 is 1.20 bits per heavy atom. The van der Waals surface area contributed by atoms with E-state index in [4.69, 9.17) is 4.74 Å². The van der Waals surface area contributed by atoms with Gasteiger partial charge in [0.1, 0.15) is 5.75 Å². The van der Waals surface area contributed by atoms with E-state index in [9.17, 15) is 0 Å². The highest BCUT2D eigenvalue weighted by Gasteiger charge is 2.65. The van der Waals surface area contributed by atoms with Crippen LogP contribution in [0.2, 0.25) is 0 Å². The number of ether oxygens (including phenoxy) is 1. The molecule has 20 heavy (non-hydrogen) atoms. The first kappa shape index (κ1) is 14.4. The summed E-state index contributed by atoms with van der Waals surface area (Å²) in [7, 11) is 0. The van der Waals surface area contributed by atoms with Gasteiger partial charge in [0.2, 0.25) is 0 Å². The largest absolute Gasteiger partial charge is 0.493 e. The summed E-state index contributed by atoms with van der Waals surface area (Å²) in [6, 6.07) is 7.40. The summed E-state index contributed by atoms with van der Waals surface area (Å²) in [5.74, 6) is 1.03. The van der Waals surface area contributed by atoms with Crippen LogP contribution in [0.4, 0.5) is 0 Å². The molecule has 1 N–H and O–H groups in total. The fraction of sp³-hybridized carbons (Fsp3) is 0.647. The van der Waals surface area contributed by atoms with Crippen molar-refractivity contribution in [3.63, 3.8) is 0 Å². The smallest absolute Gasteiger partial charge is 0.125 e. The minimum absolute atomic E-state index is 0.371. The molecule has 1 aliphatic heterocycles. The van der Waals surface area contributed by atoms with Gasteiger partial charge < -0.3 is 10.1 Å². The highest BCUT2D eigenvalue weighted by molar-refractivity contribution is 9.10. The maximum absolute atomic E-state index is 5.90. The second kappa shape index (κ2) is 4.74. The van der Waals surface area contributed by atoms with E-state index in [1.165, 1.54) is 5.56 Å². The van der Waals surface area contributed by atoms with Crippen LogP contribution in [0.1, 0.15) is 52.1 Å². The number of fused-ring (bicyclic) bond motifs is 1. The molecule has 0 amide bonds. The lowest BCUT2D eigenvalue weighted by Crippen LogP contribution is -2.27. The van der Waals surface area contributed by atoms with E-state index in [1.807, 2.05) is 0 Å². The summed E-state index contributed by atoms with van der Waals surface area (Å²) in [4.78, 5) is 0. The van der Waals surface area contributed by atoms with E-state index in [2.05, 4.69) is 67.1 Å². The molecule has 0 aromatic heterocycles. The molecule has 1 saturated carbocycles. The molecule has 1 unspecified atom stereocenters. The Labute approximate surface area is 130 Å². The predicted octanol–water partition coefficient (Wildman–Crippen LogP) is 4.69. The first-order valence-electron chi connectivity index (χ1n) is 7.52. The van der Waals surface area contributed by atoms with Gasteiger partial charge in [0.05, 0.1) is 6.61 Å². The molecule has 2 nitrogen and oxygen atoms in total. The van der Waals surface area contributed by atoms with Crippen LogP contribution in [0.15, 0.2) is 22.7 Å². The molecule has 110 valence electrons. The number of rotatable bonds is 2.